The molecule has 1 amide bonds. The van der Waals surface area contributed by atoms with Crippen molar-refractivity contribution in [2.45, 2.75) is 46.1 Å². The number of hydrogen-bond donors (Lipinski definition) is 1. The molecule has 0 aromatic carbocycles. The van der Waals surface area contributed by atoms with Crippen LogP contribution in [0.1, 0.15) is 39.3 Å². The summed E-state index contributed by atoms with van der Waals surface area (Å²) in [6.07, 6.45) is 5.29. The first-order chi connectivity index (χ1) is 10.3. The van der Waals surface area contributed by atoms with Crippen LogP contribution in [0, 0.1) is 12.8 Å². The maximum atomic E-state index is 11.7. The van der Waals surface area contributed by atoms with Crippen LogP contribution in [0.3, 0.4) is 0 Å². The number of carbonyl (C=O) groups is 1. The number of carbonyl (C=O) groups excluding carboxylic acids is 1. The average molecular weight is 306 g/mol. The van der Waals surface area contributed by atoms with Gasteiger partial charge in [-0.25, -0.2) is 9.78 Å². The van der Waals surface area contributed by atoms with Crippen LogP contribution in [-0.2, 0) is 4.74 Å². The number of anilines is 1. The van der Waals surface area contributed by atoms with Gasteiger partial charge in [-0.15, -0.1) is 0 Å². The van der Waals surface area contributed by atoms with E-state index in [-0.39, 0.29) is 6.09 Å². The first kappa shape index (κ1) is 16.5. The first-order valence-corrected chi connectivity index (χ1v) is 7.84. The summed E-state index contributed by atoms with van der Waals surface area (Å²) in [7, 11) is 0. The molecule has 6 nitrogen and oxygen atoms in total. The number of aryl methyl sites for hydroxylation is 1. The highest BCUT2D eigenvalue weighted by atomic mass is 16.6. The second-order valence-corrected chi connectivity index (χ2v) is 6.80. The van der Waals surface area contributed by atoms with Crippen molar-refractivity contribution in [3.8, 4) is 0 Å². The Labute approximate surface area is 132 Å². The van der Waals surface area contributed by atoms with E-state index >= 15 is 0 Å². The minimum atomic E-state index is -0.459. The van der Waals surface area contributed by atoms with Crippen LogP contribution in [0.4, 0.5) is 10.6 Å². The summed E-state index contributed by atoms with van der Waals surface area (Å²) in [6, 6.07) is 0. The van der Waals surface area contributed by atoms with Crippen molar-refractivity contribution in [3.63, 3.8) is 0 Å². The highest BCUT2D eigenvalue weighted by Crippen LogP contribution is 2.22. The molecule has 1 atom stereocenters. The quantitative estimate of drug-likeness (QED) is 0.929. The van der Waals surface area contributed by atoms with E-state index in [9.17, 15) is 4.79 Å². The van der Waals surface area contributed by atoms with E-state index in [1.54, 1.807) is 12.4 Å². The average Bonchev–Trinajstić information content (AvgIpc) is 2.44. The van der Waals surface area contributed by atoms with Crippen LogP contribution < -0.4 is 10.2 Å². The molecule has 1 aromatic rings. The molecular weight excluding hydrogens is 280 g/mol. The van der Waals surface area contributed by atoms with Crippen LogP contribution in [0.2, 0.25) is 0 Å². The summed E-state index contributed by atoms with van der Waals surface area (Å²) in [5, 5.41) is 2.87. The Balaban J connectivity index is 1.86. The topological polar surface area (TPSA) is 67.4 Å². The largest absolute Gasteiger partial charge is 0.444 e. The van der Waals surface area contributed by atoms with Crippen molar-refractivity contribution < 1.29 is 9.53 Å². The van der Waals surface area contributed by atoms with Crippen LogP contribution in [0.15, 0.2) is 12.4 Å². The zero-order valence-electron chi connectivity index (χ0n) is 13.9. The minimum absolute atomic E-state index is 0.347. The number of piperidine rings is 1. The van der Waals surface area contributed by atoms with Gasteiger partial charge in [0, 0.05) is 32.0 Å². The van der Waals surface area contributed by atoms with Gasteiger partial charge in [-0.3, -0.25) is 4.98 Å². The number of hydrogen-bond acceptors (Lipinski definition) is 5. The summed E-state index contributed by atoms with van der Waals surface area (Å²) in [5.74, 6) is 1.35. The van der Waals surface area contributed by atoms with Gasteiger partial charge in [0.05, 0.1) is 5.69 Å². The fourth-order valence-corrected chi connectivity index (χ4v) is 2.68. The van der Waals surface area contributed by atoms with Gasteiger partial charge in [-0.1, -0.05) is 0 Å². The molecule has 1 N–H and O–H groups in total. The van der Waals surface area contributed by atoms with Crippen LogP contribution in [-0.4, -0.2) is 41.3 Å². The van der Waals surface area contributed by atoms with Crippen molar-refractivity contribution in [2.24, 2.45) is 5.92 Å². The molecule has 2 heterocycles. The summed E-state index contributed by atoms with van der Waals surface area (Å²) >= 11 is 0. The van der Waals surface area contributed by atoms with Crippen molar-refractivity contribution >= 4 is 11.9 Å². The lowest BCUT2D eigenvalue weighted by atomic mass is 9.98. The third kappa shape index (κ3) is 4.86. The molecule has 0 spiro atoms. The lowest BCUT2D eigenvalue weighted by Crippen LogP contribution is -2.42. The van der Waals surface area contributed by atoms with Gasteiger partial charge < -0.3 is 15.0 Å². The maximum Gasteiger partial charge on any atom is 0.407 e. The minimum Gasteiger partial charge on any atom is -0.444 e. The van der Waals surface area contributed by atoms with Crippen molar-refractivity contribution in [1.29, 1.82) is 0 Å². The molecule has 6 heteroatoms. The summed E-state index contributed by atoms with van der Waals surface area (Å²) in [4.78, 5) is 22.7. The maximum absolute atomic E-state index is 11.7. The van der Waals surface area contributed by atoms with Gasteiger partial charge in [-0.2, -0.15) is 0 Å². The van der Waals surface area contributed by atoms with Gasteiger partial charge in [0.2, 0.25) is 0 Å². The molecule has 122 valence electrons. The van der Waals surface area contributed by atoms with Crippen LogP contribution in [0.5, 0.6) is 0 Å². The summed E-state index contributed by atoms with van der Waals surface area (Å²) < 4.78 is 5.27. The fourth-order valence-electron chi connectivity index (χ4n) is 2.68. The Morgan fingerprint density at radius 2 is 2.14 bits per heavy atom. The molecular formula is C16H26N4O2. The highest BCUT2D eigenvalue weighted by molar-refractivity contribution is 5.67. The van der Waals surface area contributed by atoms with Crippen LogP contribution >= 0.6 is 0 Å². The zero-order chi connectivity index (χ0) is 16.2. The van der Waals surface area contributed by atoms with Gasteiger partial charge in [-0.05, 0) is 46.5 Å². The molecule has 1 saturated heterocycles. The Bertz CT molecular complexity index is 513. The molecule has 1 aromatic heterocycles. The molecule has 0 radical (unpaired) electrons. The predicted octanol–water partition coefficient (Wildman–Crippen LogP) is 2.53. The lowest BCUT2D eigenvalue weighted by Gasteiger charge is -2.34. The number of nitrogens with one attached hydrogen (secondary N) is 1. The van der Waals surface area contributed by atoms with E-state index in [1.807, 2.05) is 27.7 Å². The monoisotopic (exact) mass is 306 g/mol. The Kier molecular flexibility index (Phi) is 5.21. The zero-order valence-corrected chi connectivity index (χ0v) is 13.9. The Morgan fingerprint density at radius 3 is 2.82 bits per heavy atom. The second kappa shape index (κ2) is 6.94. The highest BCUT2D eigenvalue weighted by Gasteiger charge is 2.23. The molecule has 22 heavy (non-hydrogen) atoms. The fraction of sp³-hybridized carbons (Fsp3) is 0.688. The molecule has 1 aliphatic heterocycles. The number of amides is 1. The van der Waals surface area contributed by atoms with E-state index in [0.29, 0.717) is 12.5 Å². The summed E-state index contributed by atoms with van der Waals surface area (Å²) in [6.45, 7) is 10.1. The van der Waals surface area contributed by atoms with Gasteiger partial charge in [0.25, 0.3) is 0 Å². The summed E-state index contributed by atoms with van der Waals surface area (Å²) in [5.41, 5.74) is 0.489. The molecule has 1 aliphatic rings. The standard InChI is InChI=1S/C16H26N4O2/c1-12-14(18-8-7-17-12)20-9-5-6-13(11-20)10-19-15(21)22-16(2,3)4/h7-8,13H,5-6,9-11H2,1-4H3,(H,19,21)/t13-/m0/s1. The van der Waals surface area contributed by atoms with Gasteiger partial charge in [0.15, 0.2) is 0 Å². The number of rotatable bonds is 3. The Morgan fingerprint density at radius 1 is 1.41 bits per heavy atom. The molecule has 0 bridgehead atoms. The van der Waals surface area contributed by atoms with E-state index in [4.69, 9.17) is 4.74 Å². The van der Waals surface area contributed by atoms with Gasteiger partial charge in [0.1, 0.15) is 11.4 Å². The normalized spacial score (nSPS) is 18.9. The molecule has 0 saturated carbocycles. The Hall–Kier alpha value is -1.85. The van der Waals surface area contributed by atoms with E-state index in [0.717, 1.165) is 37.4 Å². The van der Waals surface area contributed by atoms with Gasteiger partial charge >= 0.3 is 6.09 Å². The SMILES string of the molecule is Cc1nccnc1N1CCC[C@@H](CNC(=O)OC(C)(C)C)C1. The number of nitrogens with zero attached hydrogens (tertiary/aromatic N) is 3. The molecule has 0 aliphatic carbocycles. The number of alkyl carbamates (subject to hydrolysis) is 1. The number of ether oxygens (including phenoxy) is 1. The predicted molar refractivity (Wildman–Crippen MR) is 85.9 cm³/mol. The smallest absolute Gasteiger partial charge is 0.407 e. The van der Waals surface area contributed by atoms with Crippen molar-refractivity contribution in [1.82, 2.24) is 15.3 Å². The number of aromatic nitrogens is 2. The first-order valence-electron chi connectivity index (χ1n) is 7.84. The second-order valence-electron chi connectivity index (χ2n) is 6.80. The lowest BCUT2D eigenvalue weighted by molar-refractivity contribution is 0.0517. The van der Waals surface area contributed by atoms with Crippen molar-refractivity contribution in [3.05, 3.63) is 18.1 Å². The molecule has 0 unspecified atom stereocenters. The third-order valence-corrected chi connectivity index (χ3v) is 3.61. The molecule has 1 fully saturated rings. The van der Waals surface area contributed by atoms with E-state index in [2.05, 4.69) is 20.2 Å². The van der Waals surface area contributed by atoms with E-state index < -0.39 is 5.60 Å². The molecule has 2 rings (SSSR count). The van der Waals surface area contributed by atoms with Crippen LogP contribution in [0.25, 0.3) is 0 Å². The van der Waals surface area contributed by atoms with E-state index in [1.165, 1.54) is 0 Å². The third-order valence-electron chi connectivity index (χ3n) is 3.61. The van der Waals surface area contributed by atoms with Crippen molar-refractivity contribution in [2.75, 3.05) is 24.5 Å².